The molecular weight excluding hydrogens is 501 g/mol. The Balaban J connectivity index is 1.24. The maximum Gasteiger partial charge on any atom is 0.275 e. The number of carbonyl (C=O) groups excluding carboxylic acids is 1. The van der Waals surface area contributed by atoms with Gasteiger partial charge in [0, 0.05) is 28.6 Å². The van der Waals surface area contributed by atoms with Crippen LogP contribution in [0.5, 0.6) is 0 Å². The summed E-state index contributed by atoms with van der Waals surface area (Å²) < 4.78 is 24.3. The predicted octanol–water partition coefficient (Wildman–Crippen LogP) is 6.13. The summed E-state index contributed by atoms with van der Waals surface area (Å²) in [6.07, 6.45) is 1.16. The van der Waals surface area contributed by atoms with Gasteiger partial charge in [-0.3, -0.25) is 4.79 Å². The molecule has 7 nitrogen and oxygen atoms in total. The molecule has 2 heterocycles. The molecule has 10 heteroatoms. The largest absolute Gasteiger partial charge is 0.332 e. The zero-order chi connectivity index (χ0) is 24.6. The quantitative estimate of drug-likeness (QED) is 0.279. The first-order valence-corrected chi connectivity index (χ1v) is 14.1. The first-order chi connectivity index (χ1) is 16.7. The standard InChI is InChI=1S/C25H20N4O3S3/c1-15-3-12-20-22(13-15)34-24(28-20)16-4-6-17(7-5-16)26-23(30)21-14-33-25(29-21)27-18-8-10-19(11-9-18)35(2,31)32/h3-14H,1-2H3,(H,26,30)(H,27,29). The second-order valence-corrected chi connectivity index (χ2v) is 11.9. The molecule has 5 aromatic rings. The zero-order valence-electron chi connectivity index (χ0n) is 18.8. The normalized spacial score (nSPS) is 11.5. The molecule has 2 N–H and O–H groups in total. The lowest BCUT2D eigenvalue weighted by Crippen LogP contribution is -2.12. The molecule has 0 fully saturated rings. The third-order valence-electron chi connectivity index (χ3n) is 5.20. The van der Waals surface area contributed by atoms with Crippen molar-refractivity contribution in [2.75, 3.05) is 16.9 Å². The Morgan fingerprint density at radius 2 is 1.63 bits per heavy atom. The SMILES string of the molecule is Cc1ccc2nc(-c3ccc(NC(=O)c4csc(Nc5ccc(S(C)(=O)=O)cc5)n4)cc3)sc2c1. The second-order valence-electron chi connectivity index (χ2n) is 7.98. The Morgan fingerprint density at radius 1 is 0.914 bits per heavy atom. The van der Waals surface area contributed by atoms with Gasteiger partial charge in [-0.05, 0) is 73.2 Å². The van der Waals surface area contributed by atoms with Crippen molar-refractivity contribution in [3.63, 3.8) is 0 Å². The van der Waals surface area contributed by atoms with Crippen LogP contribution in [0, 0.1) is 6.92 Å². The van der Waals surface area contributed by atoms with E-state index >= 15 is 0 Å². The molecule has 2 aromatic heterocycles. The molecule has 5 rings (SSSR count). The predicted molar refractivity (Wildman–Crippen MR) is 143 cm³/mol. The fourth-order valence-electron chi connectivity index (χ4n) is 3.39. The number of carbonyl (C=O) groups is 1. The van der Waals surface area contributed by atoms with Gasteiger partial charge in [-0.15, -0.1) is 22.7 Å². The summed E-state index contributed by atoms with van der Waals surface area (Å²) in [5, 5.41) is 9.09. The Labute approximate surface area is 210 Å². The molecule has 0 unspecified atom stereocenters. The van der Waals surface area contributed by atoms with Gasteiger partial charge in [-0.25, -0.2) is 18.4 Å². The molecule has 0 aliphatic heterocycles. The van der Waals surface area contributed by atoms with E-state index in [9.17, 15) is 13.2 Å². The van der Waals surface area contributed by atoms with Crippen LogP contribution in [0.15, 0.2) is 77.0 Å². The van der Waals surface area contributed by atoms with Crippen molar-refractivity contribution in [1.82, 2.24) is 9.97 Å². The minimum Gasteiger partial charge on any atom is -0.332 e. The van der Waals surface area contributed by atoms with Gasteiger partial charge < -0.3 is 10.6 Å². The highest BCUT2D eigenvalue weighted by molar-refractivity contribution is 7.90. The first kappa shape index (κ1) is 23.2. The molecule has 1 amide bonds. The van der Waals surface area contributed by atoms with E-state index in [1.807, 2.05) is 30.3 Å². The molecule has 0 spiro atoms. The van der Waals surface area contributed by atoms with Gasteiger partial charge in [-0.2, -0.15) is 0 Å². The summed E-state index contributed by atoms with van der Waals surface area (Å²) in [7, 11) is -3.25. The lowest BCUT2D eigenvalue weighted by molar-refractivity contribution is 0.102. The van der Waals surface area contributed by atoms with Gasteiger partial charge in [0.1, 0.15) is 10.7 Å². The van der Waals surface area contributed by atoms with Crippen molar-refractivity contribution < 1.29 is 13.2 Å². The van der Waals surface area contributed by atoms with Crippen molar-refractivity contribution in [1.29, 1.82) is 0 Å². The van der Waals surface area contributed by atoms with Gasteiger partial charge in [0.05, 0.1) is 15.1 Å². The Bertz CT molecular complexity index is 1640. The van der Waals surface area contributed by atoms with Crippen LogP contribution in [0.3, 0.4) is 0 Å². The smallest absolute Gasteiger partial charge is 0.275 e. The van der Waals surface area contributed by atoms with Gasteiger partial charge in [-0.1, -0.05) is 6.07 Å². The van der Waals surface area contributed by atoms with Crippen molar-refractivity contribution in [3.05, 3.63) is 83.4 Å². The van der Waals surface area contributed by atoms with Crippen LogP contribution in [0.25, 0.3) is 20.8 Å². The monoisotopic (exact) mass is 520 g/mol. The van der Waals surface area contributed by atoms with E-state index in [4.69, 9.17) is 4.98 Å². The second kappa shape index (κ2) is 9.21. The fourth-order valence-corrected chi connectivity index (χ4v) is 5.80. The number of aromatic nitrogens is 2. The van der Waals surface area contributed by atoms with Crippen molar-refractivity contribution in [2.24, 2.45) is 0 Å². The minimum absolute atomic E-state index is 0.242. The molecule has 0 atom stereocenters. The average Bonchev–Trinajstić information content (AvgIpc) is 3.46. The molecular formula is C25H20N4O3S3. The zero-order valence-corrected chi connectivity index (χ0v) is 21.2. The maximum atomic E-state index is 12.7. The number of benzene rings is 3. The molecule has 0 bridgehead atoms. The van der Waals surface area contributed by atoms with Crippen LogP contribution in [-0.2, 0) is 9.84 Å². The maximum absolute atomic E-state index is 12.7. The summed E-state index contributed by atoms with van der Waals surface area (Å²) in [6.45, 7) is 2.07. The van der Waals surface area contributed by atoms with E-state index in [0.717, 1.165) is 27.0 Å². The lowest BCUT2D eigenvalue weighted by Gasteiger charge is -2.05. The molecule has 35 heavy (non-hydrogen) atoms. The number of nitrogens with one attached hydrogen (secondary N) is 2. The van der Waals surface area contributed by atoms with Gasteiger partial charge in [0.2, 0.25) is 0 Å². The van der Waals surface area contributed by atoms with Crippen LogP contribution in [0.4, 0.5) is 16.5 Å². The van der Waals surface area contributed by atoms with Gasteiger partial charge in [0.25, 0.3) is 5.91 Å². The Kier molecular flexibility index (Phi) is 6.10. The molecule has 0 aliphatic carbocycles. The summed E-state index contributed by atoms with van der Waals surface area (Å²) in [4.78, 5) is 21.9. The lowest BCUT2D eigenvalue weighted by atomic mass is 10.2. The number of aryl methyl sites for hydroxylation is 1. The molecule has 0 aliphatic rings. The van der Waals surface area contributed by atoms with E-state index in [0.29, 0.717) is 16.5 Å². The van der Waals surface area contributed by atoms with E-state index < -0.39 is 9.84 Å². The Hall–Kier alpha value is -3.60. The minimum atomic E-state index is -3.25. The third-order valence-corrected chi connectivity index (χ3v) is 8.16. The highest BCUT2D eigenvalue weighted by Gasteiger charge is 2.13. The van der Waals surface area contributed by atoms with Crippen LogP contribution < -0.4 is 10.6 Å². The van der Waals surface area contributed by atoms with Crippen molar-refractivity contribution in [2.45, 2.75) is 11.8 Å². The highest BCUT2D eigenvalue weighted by atomic mass is 32.2. The van der Waals surface area contributed by atoms with Crippen LogP contribution >= 0.6 is 22.7 Å². The number of hydrogen-bond acceptors (Lipinski definition) is 8. The van der Waals surface area contributed by atoms with Crippen LogP contribution in [-0.4, -0.2) is 30.5 Å². The molecule has 0 saturated heterocycles. The van der Waals surface area contributed by atoms with Gasteiger partial charge >= 0.3 is 0 Å². The number of fused-ring (bicyclic) bond motifs is 1. The summed E-state index contributed by atoms with van der Waals surface area (Å²) in [5.74, 6) is -0.315. The summed E-state index contributed by atoms with van der Waals surface area (Å²) in [5.41, 5.74) is 4.80. The summed E-state index contributed by atoms with van der Waals surface area (Å²) in [6, 6.07) is 20.2. The van der Waals surface area contributed by atoms with E-state index in [-0.39, 0.29) is 16.5 Å². The molecule has 3 aromatic carbocycles. The first-order valence-electron chi connectivity index (χ1n) is 10.6. The Morgan fingerprint density at radius 3 is 2.34 bits per heavy atom. The van der Waals surface area contributed by atoms with E-state index in [1.165, 1.54) is 29.0 Å². The van der Waals surface area contributed by atoms with Crippen LogP contribution in [0.2, 0.25) is 0 Å². The molecule has 0 saturated carbocycles. The highest BCUT2D eigenvalue weighted by Crippen LogP contribution is 2.31. The average molecular weight is 521 g/mol. The van der Waals surface area contributed by atoms with E-state index in [1.54, 1.807) is 28.8 Å². The number of anilines is 3. The number of nitrogens with zero attached hydrogens (tertiary/aromatic N) is 2. The van der Waals surface area contributed by atoms with Crippen molar-refractivity contribution >= 4 is 65.1 Å². The number of sulfone groups is 1. The number of rotatable bonds is 6. The third kappa shape index (κ3) is 5.24. The van der Waals surface area contributed by atoms with E-state index in [2.05, 4.69) is 34.7 Å². The molecule has 0 radical (unpaired) electrons. The fraction of sp³-hybridized carbons (Fsp3) is 0.0800. The number of thiazole rings is 2. The topological polar surface area (TPSA) is 101 Å². The number of hydrogen-bond donors (Lipinski definition) is 2. The molecule has 176 valence electrons. The van der Waals surface area contributed by atoms with Gasteiger partial charge in [0.15, 0.2) is 15.0 Å². The van der Waals surface area contributed by atoms with Crippen LogP contribution in [0.1, 0.15) is 16.1 Å². The summed E-state index contributed by atoms with van der Waals surface area (Å²) >= 11 is 2.93. The van der Waals surface area contributed by atoms with Crippen molar-refractivity contribution in [3.8, 4) is 10.6 Å². The number of amides is 1.